The predicted molar refractivity (Wildman–Crippen MR) is 86.6 cm³/mol. The van der Waals surface area contributed by atoms with E-state index in [-0.39, 0.29) is 0 Å². The zero-order valence-electron chi connectivity index (χ0n) is 12.9. The molecule has 2 rings (SSSR count). The summed E-state index contributed by atoms with van der Waals surface area (Å²) < 4.78 is 1.83. The molecule has 4 nitrogen and oxygen atoms in total. The molecule has 5 heteroatoms. The minimum absolute atomic E-state index is 0.292. The van der Waals surface area contributed by atoms with Gasteiger partial charge in [0, 0.05) is 31.0 Å². The highest BCUT2D eigenvalue weighted by Gasteiger charge is 2.17. The van der Waals surface area contributed by atoms with Crippen molar-refractivity contribution in [2.75, 3.05) is 13.1 Å². The Kier molecular flexibility index (Phi) is 5.76. The van der Waals surface area contributed by atoms with Gasteiger partial charge >= 0.3 is 0 Å². The van der Waals surface area contributed by atoms with E-state index < -0.39 is 0 Å². The third-order valence-corrected chi connectivity index (χ3v) is 3.87. The third-order valence-electron chi connectivity index (χ3n) is 3.52. The highest BCUT2D eigenvalue weighted by atomic mass is 35.5. The van der Waals surface area contributed by atoms with Gasteiger partial charge in [-0.1, -0.05) is 43.6 Å². The maximum absolute atomic E-state index is 6.37. The van der Waals surface area contributed by atoms with Crippen molar-refractivity contribution in [2.24, 2.45) is 13.0 Å². The molecular weight excluding hydrogens is 284 g/mol. The van der Waals surface area contributed by atoms with Gasteiger partial charge in [0.05, 0.1) is 0 Å². The zero-order chi connectivity index (χ0) is 15.2. The Balaban J connectivity index is 2.14. The van der Waals surface area contributed by atoms with Crippen molar-refractivity contribution < 1.29 is 0 Å². The van der Waals surface area contributed by atoms with Gasteiger partial charge in [-0.2, -0.15) is 5.10 Å². The molecule has 0 bridgehead atoms. The van der Waals surface area contributed by atoms with Gasteiger partial charge in [-0.25, -0.2) is 4.98 Å². The monoisotopic (exact) mass is 306 g/mol. The van der Waals surface area contributed by atoms with E-state index in [1.54, 1.807) is 6.33 Å². The maximum Gasteiger partial charge on any atom is 0.138 e. The van der Waals surface area contributed by atoms with E-state index in [0.717, 1.165) is 30.4 Å². The molecule has 0 fully saturated rings. The minimum atomic E-state index is 0.292. The molecule has 0 saturated heterocycles. The quantitative estimate of drug-likeness (QED) is 0.855. The van der Waals surface area contributed by atoms with Crippen molar-refractivity contribution >= 4 is 11.6 Å². The lowest BCUT2D eigenvalue weighted by Crippen LogP contribution is -2.27. The molecule has 1 aromatic carbocycles. The van der Waals surface area contributed by atoms with Crippen molar-refractivity contribution in [3.8, 4) is 0 Å². The van der Waals surface area contributed by atoms with Gasteiger partial charge in [0.1, 0.15) is 12.2 Å². The highest BCUT2D eigenvalue weighted by Crippen LogP contribution is 2.26. The summed E-state index contributed by atoms with van der Waals surface area (Å²) in [4.78, 5) is 4.33. The van der Waals surface area contributed by atoms with Crippen LogP contribution in [0.25, 0.3) is 0 Å². The number of aromatic nitrogens is 3. The third kappa shape index (κ3) is 4.55. The van der Waals surface area contributed by atoms with Crippen molar-refractivity contribution in [2.45, 2.75) is 26.2 Å². The molecule has 21 heavy (non-hydrogen) atoms. The highest BCUT2D eigenvalue weighted by molar-refractivity contribution is 6.31. The molecule has 0 radical (unpaired) electrons. The smallest absolute Gasteiger partial charge is 0.138 e. The largest absolute Gasteiger partial charge is 0.316 e. The Hall–Kier alpha value is -1.39. The van der Waals surface area contributed by atoms with Crippen LogP contribution in [0.4, 0.5) is 0 Å². The Labute approximate surface area is 131 Å². The predicted octanol–water partition coefficient (Wildman–Crippen LogP) is 3.04. The number of halogens is 1. The zero-order valence-corrected chi connectivity index (χ0v) is 13.6. The Morgan fingerprint density at radius 3 is 2.62 bits per heavy atom. The van der Waals surface area contributed by atoms with Gasteiger partial charge in [0.15, 0.2) is 0 Å². The molecule has 114 valence electrons. The van der Waals surface area contributed by atoms with Crippen molar-refractivity contribution in [1.29, 1.82) is 0 Å². The van der Waals surface area contributed by atoms with E-state index in [1.165, 1.54) is 5.56 Å². The van der Waals surface area contributed by atoms with Crippen LogP contribution in [0.1, 0.15) is 31.2 Å². The first-order valence-corrected chi connectivity index (χ1v) is 7.73. The topological polar surface area (TPSA) is 42.7 Å². The number of aryl methyl sites for hydroxylation is 1. The van der Waals surface area contributed by atoms with E-state index in [4.69, 9.17) is 11.6 Å². The average molecular weight is 307 g/mol. The van der Waals surface area contributed by atoms with E-state index in [2.05, 4.69) is 35.3 Å². The molecule has 1 unspecified atom stereocenters. The molecule has 1 atom stereocenters. The molecule has 0 saturated carbocycles. The van der Waals surface area contributed by atoms with Gasteiger partial charge in [0.2, 0.25) is 0 Å². The fraction of sp³-hybridized carbons (Fsp3) is 0.500. The summed E-state index contributed by atoms with van der Waals surface area (Å²) in [6, 6.07) is 8.05. The van der Waals surface area contributed by atoms with Crippen LogP contribution in [0.15, 0.2) is 30.6 Å². The SMILES string of the molecule is CC(C)CNCC(Cc1ncnn1C)c1ccccc1Cl. The number of rotatable bonds is 7. The fourth-order valence-corrected chi connectivity index (χ4v) is 2.66. The van der Waals surface area contributed by atoms with Crippen LogP contribution >= 0.6 is 11.6 Å². The number of hydrogen-bond donors (Lipinski definition) is 1. The number of benzene rings is 1. The van der Waals surface area contributed by atoms with Crippen molar-refractivity contribution in [3.63, 3.8) is 0 Å². The van der Waals surface area contributed by atoms with E-state index in [0.29, 0.717) is 11.8 Å². The van der Waals surface area contributed by atoms with Crippen LogP contribution in [0, 0.1) is 5.92 Å². The van der Waals surface area contributed by atoms with E-state index >= 15 is 0 Å². The van der Waals surface area contributed by atoms with E-state index in [1.807, 2.05) is 29.9 Å². The Morgan fingerprint density at radius 1 is 1.24 bits per heavy atom. The second-order valence-corrected chi connectivity index (χ2v) is 6.18. The fourth-order valence-electron chi connectivity index (χ4n) is 2.37. The molecule has 0 aliphatic carbocycles. The van der Waals surface area contributed by atoms with Gasteiger partial charge < -0.3 is 5.32 Å². The lowest BCUT2D eigenvalue weighted by atomic mass is 9.95. The summed E-state index contributed by atoms with van der Waals surface area (Å²) in [6.07, 6.45) is 2.42. The van der Waals surface area contributed by atoms with Crippen LogP contribution in [0.2, 0.25) is 5.02 Å². The normalized spacial score (nSPS) is 12.8. The van der Waals surface area contributed by atoms with Gasteiger partial charge in [0.25, 0.3) is 0 Å². The van der Waals surface area contributed by atoms with Crippen molar-refractivity contribution in [1.82, 2.24) is 20.1 Å². The first-order chi connectivity index (χ1) is 10.1. The number of nitrogens with one attached hydrogen (secondary N) is 1. The Bertz CT molecular complexity index is 565. The van der Waals surface area contributed by atoms with Crippen molar-refractivity contribution in [3.05, 3.63) is 47.0 Å². The molecule has 0 aliphatic rings. The minimum Gasteiger partial charge on any atom is -0.316 e. The average Bonchev–Trinajstić information content (AvgIpc) is 2.83. The second-order valence-electron chi connectivity index (χ2n) is 5.77. The standard InChI is InChI=1S/C16H23ClN4/c1-12(2)9-18-10-13(8-16-19-11-20-21(16)3)14-6-4-5-7-15(14)17/h4-7,11-13,18H,8-10H2,1-3H3. The molecule has 2 aromatic rings. The molecule has 1 heterocycles. The molecule has 0 aliphatic heterocycles. The van der Waals surface area contributed by atoms with Gasteiger partial charge in [-0.3, -0.25) is 4.68 Å². The van der Waals surface area contributed by atoms with Crippen LogP contribution in [-0.4, -0.2) is 27.9 Å². The summed E-state index contributed by atoms with van der Waals surface area (Å²) in [7, 11) is 1.92. The van der Waals surface area contributed by atoms with Gasteiger partial charge in [-0.05, 0) is 24.1 Å². The lowest BCUT2D eigenvalue weighted by Gasteiger charge is -2.19. The van der Waals surface area contributed by atoms with Crippen LogP contribution in [-0.2, 0) is 13.5 Å². The molecule has 1 N–H and O–H groups in total. The first-order valence-electron chi connectivity index (χ1n) is 7.36. The lowest BCUT2D eigenvalue weighted by molar-refractivity contribution is 0.504. The number of nitrogens with zero attached hydrogens (tertiary/aromatic N) is 3. The first kappa shape index (κ1) is 16.0. The van der Waals surface area contributed by atoms with Gasteiger partial charge in [-0.15, -0.1) is 0 Å². The molecular formula is C16H23ClN4. The summed E-state index contributed by atoms with van der Waals surface area (Å²) in [5.74, 6) is 1.90. The summed E-state index contributed by atoms with van der Waals surface area (Å²) >= 11 is 6.37. The van der Waals surface area contributed by atoms with E-state index in [9.17, 15) is 0 Å². The molecule has 0 spiro atoms. The summed E-state index contributed by atoms with van der Waals surface area (Å²) in [6.45, 7) is 6.30. The van der Waals surface area contributed by atoms with Crippen LogP contribution in [0.3, 0.4) is 0 Å². The summed E-state index contributed by atoms with van der Waals surface area (Å²) in [5, 5.41) is 8.49. The van der Waals surface area contributed by atoms with Crippen LogP contribution < -0.4 is 5.32 Å². The summed E-state index contributed by atoms with van der Waals surface area (Å²) in [5.41, 5.74) is 1.17. The molecule has 1 aromatic heterocycles. The Morgan fingerprint density at radius 2 is 2.00 bits per heavy atom. The second kappa shape index (κ2) is 7.57. The number of hydrogen-bond acceptors (Lipinski definition) is 3. The molecule has 0 amide bonds. The maximum atomic E-state index is 6.37. The van der Waals surface area contributed by atoms with Crippen LogP contribution in [0.5, 0.6) is 0 Å².